The third-order valence-corrected chi connectivity index (χ3v) is 2.61. The number of carbonyl (C=O) groups excluding carboxylic acids is 1. The van der Waals surface area contributed by atoms with Crippen LogP contribution in [0.15, 0.2) is 24.3 Å². The highest BCUT2D eigenvalue weighted by atomic mass is 19.4. The zero-order valence-corrected chi connectivity index (χ0v) is 10.8. The van der Waals surface area contributed by atoms with Gasteiger partial charge in [-0.1, -0.05) is 19.1 Å². The van der Waals surface area contributed by atoms with Crippen molar-refractivity contribution in [3.05, 3.63) is 29.8 Å². The van der Waals surface area contributed by atoms with Gasteiger partial charge in [0.15, 0.2) is 5.78 Å². The molecule has 1 rings (SSSR count). The van der Waals surface area contributed by atoms with Gasteiger partial charge in [-0.25, -0.2) is 0 Å². The zero-order valence-electron chi connectivity index (χ0n) is 10.8. The maximum atomic E-state index is 12.3. The predicted molar refractivity (Wildman–Crippen MR) is 65.5 cm³/mol. The summed E-state index contributed by atoms with van der Waals surface area (Å²) in [6.45, 7) is 0.405. The van der Waals surface area contributed by atoms with Crippen LogP contribution in [-0.2, 0) is 0 Å². The summed E-state index contributed by atoms with van der Waals surface area (Å²) in [7, 11) is 1.46. The first-order chi connectivity index (χ1) is 8.85. The fourth-order valence-electron chi connectivity index (χ4n) is 1.62. The number of benzene rings is 1. The summed E-state index contributed by atoms with van der Waals surface area (Å²) in [5.74, 6) is 0.148. The minimum Gasteiger partial charge on any atom is -0.497 e. The van der Waals surface area contributed by atoms with Crippen molar-refractivity contribution in [1.82, 2.24) is 4.90 Å². The summed E-state index contributed by atoms with van der Waals surface area (Å²) in [4.78, 5) is 13.0. The van der Waals surface area contributed by atoms with Crippen molar-refractivity contribution in [2.75, 3.05) is 26.7 Å². The van der Waals surface area contributed by atoms with Crippen LogP contribution in [0.2, 0.25) is 0 Å². The number of hydrogen-bond donors (Lipinski definition) is 0. The summed E-state index contributed by atoms with van der Waals surface area (Å²) >= 11 is 0. The second-order valence-corrected chi connectivity index (χ2v) is 4.07. The number of ketones is 1. The summed E-state index contributed by atoms with van der Waals surface area (Å²) in [6, 6.07) is 6.38. The van der Waals surface area contributed by atoms with Crippen LogP contribution in [0.25, 0.3) is 0 Å². The SMILES string of the molecule is CCN(CC(=O)c1cccc(OC)c1)CC(F)(F)F. The van der Waals surface area contributed by atoms with E-state index in [2.05, 4.69) is 0 Å². The number of hydrogen-bond acceptors (Lipinski definition) is 3. The van der Waals surface area contributed by atoms with Crippen LogP contribution in [0, 0.1) is 0 Å². The number of carbonyl (C=O) groups is 1. The van der Waals surface area contributed by atoms with Gasteiger partial charge in [0.1, 0.15) is 5.75 Å². The number of likely N-dealkylation sites (N-methyl/N-ethyl adjacent to an activating group) is 1. The van der Waals surface area contributed by atoms with Crippen molar-refractivity contribution in [3.8, 4) is 5.75 Å². The highest BCUT2D eigenvalue weighted by molar-refractivity contribution is 5.97. The molecular formula is C13H16F3NO2. The van der Waals surface area contributed by atoms with E-state index in [1.54, 1.807) is 25.1 Å². The van der Waals surface area contributed by atoms with E-state index in [-0.39, 0.29) is 18.9 Å². The Morgan fingerprint density at radius 1 is 1.37 bits per heavy atom. The molecule has 0 aliphatic carbocycles. The van der Waals surface area contributed by atoms with Crippen LogP contribution in [0.5, 0.6) is 5.75 Å². The van der Waals surface area contributed by atoms with Crippen molar-refractivity contribution in [2.45, 2.75) is 13.1 Å². The summed E-state index contributed by atoms with van der Waals surface area (Å²) < 4.78 is 41.8. The molecular weight excluding hydrogens is 259 g/mol. The lowest BCUT2D eigenvalue weighted by atomic mass is 10.1. The molecule has 0 aliphatic heterocycles. The Morgan fingerprint density at radius 3 is 2.58 bits per heavy atom. The van der Waals surface area contributed by atoms with Crippen LogP contribution in [0.4, 0.5) is 13.2 Å². The maximum Gasteiger partial charge on any atom is 0.401 e. The molecule has 0 aliphatic rings. The van der Waals surface area contributed by atoms with Gasteiger partial charge in [-0.15, -0.1) is 0 Å². The lowest BCUT2D eigenvalue weighted by molar-refractivity contribution is -0.144. The van der Waals surface area contributed by atoms with Gasteiger partial charge in [0.05, 0.1) is 20.2 Å². The number of alkyl halides is 3. The molecule has 106 valence electrons. The van der Waals surface area contributed by atoms with Crippen LogP contribution in [0.3, 0.4) is 0 Å². The number of ether oxygens (including phenoxy) is 1. The number of rotatable bonds is 6. The van der Waals surface area contributed by atoms with Crippen molar-refractivity contribution in [1.29, 1.82) is 0 Å². The minimum atomic E-state index is -4.30. The molecule has 0 saturated carbocycles. The molecule has 0 bridgehead atoms. The summed E-state index contributed by atoms with van der Waals surface area (Å²) in [5, 5.41) is 0. The molecule has 0 atom stereocenters. The Labute approximate surface area is 110 Å². The van der Waals surface area contributed by atoms with E-state index >= 15 is 0 Å². The third-order valence-electron chi connectivity index (χ3n) is 2.61. The van der Waals surface area contributed by atoms with E-state index < -0.39 is 12.7 Å². The molecule has 19 heavy (non-hydrogen) atoms. The van der Waals surface area contributed by atoms with E-state index in [1.165, 1.54) is 13.2 Å². The Kier molecular flexibility index (Phi) is 5.35. The standard InChI is InChI=1S/C13H16F3NO2/c1-3-17(9-13(14,15)16)8-12(18)10-5-4-6-11(7-10)19-2/h4-7H,3,8-9H2,1-2H3. The average molecular weight is 275 g/mol. The maximum absolute atomic E-state index is 12.3. The van der Waals surface area contributed by atoms with Gasteiger partial charge in [-0.3, -0.25) is 9.69 Å². The summed E-state index contributed by atoms with van der Waals surface area (Å²) in [5.41, 5.74) is 0.347. The molecule has 6 heteroatoms. The van der Waals surface area contributed by atoms with Gasteiger partial charge >= 0.3 is 6.18 Å². The summed E-state index contributed by atoms with van der Waals surface area (Å²) in [6.07, 6.45) is -4.30. The highest BCUT2D eigenvalue weighted by Gasteiger charge is 2.30. The second-order valence-electron chi connectivity index (χ2n) is 4.07. The van der Waals surface area contributed by atoms with E-state index in [0.29, 0.717) is 11.3 Å². The molecule has 0 N–H and O–H groups in total. The molecule has 0 radical (unpaired) electrons. The molecule has 0 heterocycles. The number of nitrogens with zero attached hydrogens (tertiary/aromatic N) is 1. The second kappa shape index (κ2) is 6.56. The quantitative estimate of drug-likeness (QED) is 0.748. The smallest absolute Gasteiger partial charge is 0.401 e. The lowest BCUT2D eigenvalue weighted by Gasteiger charge is -2.21. The van der Waals surface area contributed by atoms with Gasteiger partial charge in [0.2, 0.25) is 0 Å². The number of Topliss-reactive ketones (excluding diaryl/α,β-unsaturated/α-hetero) is 1. The minimum absolute atomic E-state index is 0.162. The molecule has 0 saturated heterocycles. The molecule has 1 aromatic rings. The van der Waals surface area contributed by atoms with Crippen molar-refractivity contribution in [3.63, 3.8) is 0 Å². The molecule has 0 unspecified atom stereocenters. The first-order valence-electron chi connectivity index (χ1n) is 5.82. The normalized spacial score (nSPS) is 11.7. The van der Waals surface area contributed by atoms with Crippen LogP contribution in [-0.4, -0.2) is 43.6 Å². The van der Waals surface area contributed by atoms with Gasteiger partial charge in [0, 0.05) is 5.56 Å². The molecule has 1 aromatic carbocycles. The van der Waals surface area contributed by atoms with Crippen LogP contribution < -0.4 is 4.74 Å². The zero-order chi connectivity index (χ0) is 14.5. The van der Waals surface area contributed by atoms with Crippen LogP contribution in [0.1, 0.15) is 17.3 Å². The Hall–Kier alpha value is -1.56. The van der Waals surface area contributed by atoms with Crippen molar-refractivity contribution >= 4 is 5.78 Å². The van der Waals surface area contributed by atoms with E-state index in [0.717, 1.165) is 4.90 Å². The third kappa shape index (κ3) is 5.30. The van der Waals surface area contributed by atoms with Gasteiger partial charge in [0.25, 0.3) is 0 Å². The first-order valence-corrected chi connectivity index (χ1v) is 5.82. The Morgan fingerprint density at radius 2 is 2.05 bits per heavy atom. The topological polar surface area (TPSA) is 29.5 Å². The molecule has 0 aromatic heterocycles. The average Bonchev–Trinajstić information content (AvgIpc) is 2.36. The Bertz CT molecular complexity index is 432. The van der Waals surface area contributed by atoms with Gasteiger partial charge in [-0.2, -0.15) is 13.2 Å². The number of methoxy groups -OCH3 is 1. The fourth-order valence-corrected chi connectivity index (χ4v) is 1.62. The largest absolute Gasteiger partial charge is 0.497 e. The van der Waals surface area contributed by atoms with E-state index in [9.17, 15) is 18.0 Å². The monoisotopic (exact) mass is 275 g/mol. The van der Waals surface area contributed by atoms with E-state index in [1.807, 2.05) is 0 Å². The highest BCUT2D eigenvalue weighted by Crippen LogP contribution is 2.17. The predicted octanol–water partition coefficient (Wildman–Crippen LogP) is 2.76. The first kappa shape index (κ1) is 15.5. The molecule has 3 nitrogen and oxygen atoms in total. The van der Waals surface area contributed by atoms with Crippen molar-refractivity contribution in [2.24, 2.45) is 0 Å². The van der Waals surface area contributed by atoms with Crippen LogP contribution >= 0.6 is 0 Å². The van der Waals surface area contributed by atoms with Crippen molar-refractivity contribution < 1.29 is 22.7 Å². The number of halogens is 3. The van der Waals surface area contributed by atoms with E-state index in [4.69, 9.17) is 4.74 Å². The molecule has 0 amide bonds. The lowest BCUT2D eigenvalue weighted by Crippen LogP contribution is -2.37. The van der Waals surface area contributed by atoms with Gasteiger partial charge in [-0.05, 0) is 18.7 Å². The Balaban J connectivity index is 2.71. The molecule has 0 spiro atoms. The van der Waals surface area contributed by atoms with Gasteiger partial charge < -0.3 is 4.74 Å². The fraction of sp³-hybridized carbons (Fsp3) is 0.462. The molecule has 0 fully saturated rings.